The van der Waals surface area contributed by atoms with Gasteiger partial charge in [-0.25, -0.2) is 9.59 Å². The van der Waals surface area contributed by atoms with Crippen molar-refractivity contribution in [2.24, 2.45) is 0 Å². The molecule has 3 N–H and O–H groups in total. The first kappa shape index (κ1) is 43.1. The molecular weight excluding hydrogens is 780 g/mol. The van der Waals surface area contributed by atoms with E-state index in [-0.39, 0.29) is 29.9 Å². The average Bonchev–Trinajstić information content (AvgIpc) is 3.46. The van der Waals surface area contributed by atoms with Gasteiger partial charge in [-0.3, -0.25) is 9.11 Å². The third-order valence-electron chi connectivity index (χ3n) is 10.9. The number of hydrogen-bond donors (Lipinski definition) is 3. The van der Waals surface area contributed by atoms with Crippen molar-refractivity contribution >= 4 is 60.9 Å². The largest absolute Gasteiger partial charge is 0.478 e. The molecule has 0 bridgehead atoms. The summed E-state index contributed by atoms with van der Waals surface area (Å²) < 4.78 is 71.2. The first-order valence-electron chi connectivity index (χ1n) is 18.6. The fraction of sp³-hybridized carbons (Fsp3) is 0.439. The summed E-state index contributed by atoms with van der Waals surface area (Å²) in [4.78, 5) is 26.4. The molecule has 302 valence electrons. The highest BCUT2D eigenvalue weighted by molar-refractivity contribution is 7.86. The van der Waals surface area contributed by atoms with Gasteiger partial charge in [0.25, 0.3) is 20.2 Å². The van der Waals surface area contributed by atoms with Crippen LogP contribution < -0.4 is 4.90 Å². The molecule has 1 aliphatic carbocycles. The number of methoxy groups -OCH3 is 1. The Hall–Kier alpha value is -4.08. The molecule has 0 unspecified atom stereocenters. The third kappa shape index (κ3) is 9.54. The Morgan fingerprint density at radius 1 is 0.857 bits per heavy atom. The van der Waals surface area contributed by atoms with Crippen LogP contribution in [0, 0.1) is 0 Å². The number of carboxylic acids is 1. The van der Waals surface area contributed by atoms with E-state index in [0.717, 1.165) is 64.3 Å². The number of carbonyl (C=O) groups is 2. The zero-order valence-corrected chi connectivity index (χ0v) is 34.7. The number of carbonyl (C=O) groups excluding carboxylic acids is 1. The average molecular weight is 830 g/mol. The van der Waals surface area contributed by atoms with Crippen molar-refractivity contribution in [3.63, 3.8) is 0 Å². The number of benzene rings is 2. The van der Waals surface area contributed by atoms with Crippen molar-refractivity contribution in [3.8, 4) is 0 Å². The number of esters is 1. The lowest BCUT2D eigenvalue weighted by Gasteiger charge is -2.27. The number of ether oxygens (including phenoxy) is 1. The molecule has 2 aromatic carbocycles. The minimum absolute atomic E-state index is 0.171. The molecule has 15 heteroatoms. The third-order valence-corrected chi connectivity index (χ3v) is 13.0. The van der Waals surface area contributed by atoms with Gasteiger partial charge in [0, 0.05) is 52.5 Å². The van der Waals surface area contributed by atoms with Gasteiger partial charge in [0.2, 0.25) is 5.69 Å². The van der Waals surface area contributed by atoms with Crippen molar-refractivity contribution < 1.29 is 49.9 Å². The molecule has 0 saturated carbocycles. The van der Waals surface area contributed by atoms with Gasteiger partial charge in [-0.1, -0.05) is 37.6 Å². The van der Waals surface area contributed by atoms with Crippen LogP contribution in [0.1, 0.15) is 104 Å². The Kier molecular flexibility index (Phi) is 12.9. The maximum absolute atomic E-state index is 12.4. The van der Waals surface area contributed by atoms with Gasteiger partial charge in [0.15, 0.2) is 5.71 Å². The molecule has 3 aliphatic rings. The fourth-order valence-corrected chi connectivity index (χ4v) is 9.34. The van der Waals surface area contributed by atoms with Gasteiger partial charge < -0.3 is 14.7 Å². The summed E-state index contributed by atoms with van der Waals surface area (Å²) in [7, 11) is -6.86. The second-order valence-corrected chi connectivity index (χ2v) is 19.0. The van der Waals surface area contributed by atoms with Crippen LogP contribution in [0.4, 0.5) is 11.4 Å². The number of hydrogen-bond acceptors (Lipinski definition) is 8. The second kappa shape index (κ2) is 16.8. The number of rotatable bonds is 15. The van der Waals surface area contributed by atoms with Crippen LogP contribution in [0.5, 0.6) is 0 Å². The lowest BCUT2D eigenvalue weighted by Crippen LogP contribution is -2.28. The molecule has 0 spiro atoms. The van der Waals surface area contributed by atoms with Crippen molar-refractivity contribution in [1.82, 2.24) is 0 Å². The van der Waals surface area contributed by atoms with Crippen molar-refractivity contribution in [1.29, 1.82) is 0 Å². The molecule has 12 nitrogen and oxygen atoms in total. The monoisotopic (exact) mass is 829 g/mol. The molecule has 2 heterocycles. The Labute approximate surface area is 334 Å². The molecule has 0 fully saturated rings. The van der Waals surface area contributed by atoms with Gasteiger partial charge in [0.1, 0.15) is 6.54 Å². The van der Waals surface area contributed by atoms with E-state index in [1.807, 2.05) is 50.3 Å². The first-order chi connectivity index (χ1) is 26.2. The van der Waals surface area contributed by atoms with E-state index in [2.05, 4.69) is 23.3 Å². The van der Waals surface area contributed by atoms with Crippen LogP contribution >= 0.6 is 11.6 Å². The van der Waals surface area contributed by atoms with Gasteiger partial charge in [-0.05, 0) is 105 Å². The minimum atomic E-state index is -4.10. The standard InChI is InChI=1S/C41H49ClN2O10S2/c1-40(2)31-25-29(38(45)46)13-17-33(31)43(21-6-8-23-55(48,49)50)35(40)19-15-27-11-10-12-28(37(27)42)16-20-36-41(3,4)32-26-30(39(47)54-5)14-18-34(32)44(36)22-7-9-24-56(51,52)53/h13-20,25-26H,6-12,21-24H2,1-5H3,(H2-,45,46,48,49,50,51,52,53)/p+1. The highest BCUT2D eigenvalue weighted by Crippen LogP contribution is 2.49. The van der Waals surface area contributed by atoms with Gasteiger partial charge in [-0.2, -0.15) is 21.4 Å². The Bertz CT molecular complexity index is 2300. The molecule has 56 heavy (non-hydrogen) atoms. The van der Waals surface area contributed by atoms with E-state index in [4.69, 9.17) is 16.3 Å². The van der Waals surface area contributed by atoms with Crippen LogP contribution in [0.25, 0.3) is 0 Å². The zero-order chi connectivity index (χ0) is 41.2. The highest BCUT2D eigenvalue weighted by Gasteiger charge is 2.45. The summed E-state index contributed by atoms with van der Waals surface area (Å²) in [6.45, 7) is 9.10. The fourth-order valence-electron chi connectivity index (χ4n) is 7.89. The summed E-state index contributed by atoms with van der Waals surface area (Å²) in [6, 6.07) is 10.4. The van der Waals surface area contributed by atoms with Crippen molar-refractivity contribution in [2.45, 2.75) is 83.5 Å². The SMILES string of the molecule is COC(=O)c1ccc2c(c1)C(C)(C)C(/C=C/C1=C(Cl)C(=C/C=C3/N(CCCCS(=O)(=O)O)c4ccc(C(=O)O)cc4C3(C)C)/CCC1)=[N+]2CCCCS(=O)(=O)O. The number of anilines is 1. The number of aromatic carboxylic acids is 1. The van der Waals surface area contributed by atoms with Crippen molar-refractivity contribution in [2.75, 3.05) is 36.6 Å². The van der Waals surface area contributed by atoms with Crippen LogP contribution in [-0.2, 0) is 35.8 Å². The van der Waals surface area contributed by atoms with Crippen LogP contribution in [0.3, 0.4) is 0 Å². The molecule has 2 aromatic rings. The summed E-state index contributed by atoms with van der Waals surface area (Å²) in [5, 5.41) is 10.3. The van der Waals surface area contributed by atoms with Gasteiger partial charge in [-0.15, -0.1) is 0 Å². The number of fused-ring (bicyclic) bond motifs is 2. The molecule has 0 radical (unpaired) electrons. The lowest BCUT2D eigenvalue weighted by atomic mass is 9.80. The van der Waals surface area contributed by atoms with Gasteiger partial charge in [0.05, 0.1) is 35.2 Å². The maximum atomic E-state index is 12.4. The highest BCUT2D eigenvalue weighted by atomic mass is 35.5. The van der Waals surface area contributed by atoms with E-state index >= 15 is 0 Å². The number of allylic oxidation sites excluding steroid dienone is 8. The Balaban J connectivity index is 1.50. The normalized spacial score (nSPS) is 19.3. The van der Waals surface area contributed by atoms with Crippen LogP contribution in [0.2, 0.25) is 0 Å². The molecule has 0 saturated heterocycles. The van der Waals surface area contributed by atoms with E-state index in [9.17, 15) is 40.6 Å². The zero-order valence-electron chi connectivity index (χ0n) is 32.3. The number of carboxylic acid groups (broad SMARTS) is 1. The predicted molar refractivity (Wildman–Crippen MR) is 218 cm³/mol. The maximum Gasteiger partial charge on any atom is 0.337 e. The quantitative estimate of drug-likeness (QED) is 0.0693. The van der Waals surface area contributed by atoms with E-state index in [1.165, 1.54) is 7.11 Å². The van der Waals surface area contributed by atoms with Crippen LogP contribution in [0.15, 0.2) is 82.6 Å². The minimum Gasteiger partial charge on any atom is -0.478 e. The Morgan fingerprint density at radius 2 is 1.50 bits per heavy atom. The van der Waals surface area contributed by atoms with E-state index in [0.29, 0.717) is 36.5 Å². The summed E-state index contributed by atoms with van der Waals surface area (Å²) in [6.07, 6.45) is 11.9. The van der Waals surface area contributed by atoms with E-state index in [1.54, 1.807) is 24.3 Å². The first-order valence-corrected chi connectivity index (χ1v) is 22.2. The molecule has 0 amide bonds. The number of unbranched alkanes of at least 4 members (excludes halogenated alkanes) is 2. The molecule has 5 rings (SSSR count). The second-order valence-electron chi connectivity index (χ2n) is 15.5. The summed E-state index contributed by atoms with van der Waals surface area (Å²) in [5.41, 5.74) is 6.65. The topological polar surface area (TPSA) is 179 Å². The molecule has 0 atom stereocenters. The predicted octanol–water partition coefficient (Wildman–Crippen LogP) is 7.72. The van der Waals surface area contributed by atoms with Crippen molar-refractivity contribution in [3.05, 3.63) is 105 Å². The van der Waals surface area contributed by atoms with Gasteiger partial charge >= 0.3 is 11.9 Å². The molecular formula is C41H50ClN2O10S2+. The smallest absolute Gasteiger partial charge is 0.337 e. The summed E-state index contributed by atoms with van der Waals surface area (Å²) >= 11 is 7.15. The lowest BCUT2D eigenvalue weighted by molar-refractivity contribution is -0.438. The Morgan fingerprint density at radius 3 is 2.14 bits per heavy atom. The molecule has 0 aromatic heterocycles. The summed E-state index contributed by atoms with van der Waals surface area (Å²) in [5.74, 6) is -2.17. The van der Waals surface area contributed by atoms with Crippen LogP contribution in [-0.4, -0.2) is 85.0 Å². The number of nitrogens with zero attached hydrogens (tertiary/aromatic N) is 2. The number of halogens is 1. The van der Waals surface area contributed by atoms with E-state index < -0.39 is 43.0 Å². The molecule has 2 aliphatic heterocycles.